The number of pyridine rings is 1. The zero-order valence-electron chi connectivity index (χ0n) is 11.3. The molecule has 0 radical (unpaired) electrons. The van der Waals surface area contributed by atoms with Gasteiger partial charge in [0.1, 0.15) is 0 Å². The lowest BCUT2D eigenvalue weighted by Gasteiger charge is -2.19. The molecule has 2 atom stereocenters. The summed E-state index contributed by atoms with van der Waals surface area (Å²) in [6, 6.07) is 6.55. The van der Waals surface area contributed by atoms with E-state index >= 15 is 0 Å². The van der Waals surface area contributed by atoms with Gasteiger partial charge in [-0.3, -0.25) is 4.98 Å². The van der Waals surface area contributed by atoms with Crippen LogP contribution in [0.2, 0.25) is 0 Å². The summed E-state index contributed by atoms with van der Waals surface area (Å²) in [4.78, 5) is 10.2. The molecule has 2 rings (SSSR count). The maximum Gasteiger partial charge on any atom is 0.0900 e. The van der Waals surface area contributed by atoms with Crippen LogP contribution >= 0.6 is 11.3 Å². The van der Waals surface area contributed by atoms with Crippen LogP contribution in [0.3, 0.4) is 0 Å². The molecule has 0 aliphatic carbocycles. The summed E-state index contributed by atoms with van der Waals surface area (Å²) >= 11 is 1.77. The second kappa shape index (κ2) is 5.59. The fourth-order valence-corrected chi connectivity index (χ4v) is 3.06. The van der Waals surface area contributed by atoms with Gasteiger partial charge in [-0.05, 0) is 39.8 Å². The Morgan fingerprint density at radius 2 is 1.94 bits per heavy atom. The summed E-state index contributed by atoms with van der Waals surface area (Å²) in [5, 5.41) is 4.70. The predicted octanol–water partition coefficient (Wildman–Crippen LogP) is 3.57. The Kier molecular flexibility index (Phi) is 4.09. The third kappa shape index (κ3) is 2.94. The van der Waals surface area contributed by atoms with Gasteiger partial charge in [0.05, 0.1) is 16.4 Å². The number of hydrogen-bond acceptors (Lipinski definition) is 4. The normalized spacial score (nSPS) is 14.4. The van der Waals surface area contributed by atoms with E-state index in [1.807, 2.05) is 18.3 Å². The molecule has 0 saturated carbocycles. The quantitative estimate of drug-likeness (QED) is 0.914. The van der Waals surface area contributed by atoms with Gasteiger partial charge in [-0.15, -0.1) is 11.3 Å². The summed E-state index contributed by atoms with van der Waals surface area (Å²) < 4.78 is 0. The van der Waals surface area contributed by atoms with E-state index in [0.29, 0.717) is 6.04 Å². The molecular weight excluding hydrogens is 242 g/mol. The van der Waals surface area contributed by atoms with Crippen LogP contribution in [0.15, 0.2) is 24.4 Å². The topological polar surface area (TPSA) is 37.8 Å². The average Bonchev–Trinajstić information content (AvgIpc) is 2.69. The number of aromatic nitrogens is 2. The molecule has 0 aromatic carbocycles. The van der Waals surface area contributed by atoms with Crippen molar-refractivity contribution in [3.05, 3.63) is 45.7 Å². The Hall–Kier alpha value is -1.26. The predicted molar refractivity (Wildman–Crippen MR) is 75.8 cm³/mol. The van der Waals surface area contributed by atoms with Crippen molar-refractivity contribution in [2.24, 2.45) is 0 Å². The Morgan fingerprint density at radius 3 is 2.50 bits per heavy atom. The van der Waals surface area contributed by atoms with Crippen LogP contribution in [-0.2, 0) is 0 Å². The van der Waals surface area contributed by atoms with Crippen molar-refractivity contribution in [2.45, 2.75) is 39.8 Å². The first-order valence-electron chi connectivity index (χ1n) is 6.19. The largest absolute Gasteiger partial charge is 0.301 e. The van der Waals surface area contributed by atoms with Crippen molar-refractivity contribution >= 4 is 11.3 Å². The molecule has 0 saturated heterocycles. The van der Waals surface area contributed by atoms with E-state index in [-0.39, 0.29) is 6.04 Å². The molecule has 0 aliphatic heterocycles. The first-order chi connectivity index (χ1) is 8.58. The molecule has 2 unspecified atom stereocenters. The van der Waals surface area contributed by atoms with Crippen LogP contribution in [0.4, 0.5) is 0 Å². The van der Waals surface area contributed by atoms with Crippen LogP contribution in [0.5, 0.6) is 0 Å². The summed E-state index contributed by atoms with van der Waals surface area (Å²) in [6.07, 6.45) is 1.83. The Balaban J connectivity index is 2.08. The molecule has 2 aromatic heterocycles. The Bertz CT molecular complexity index is 507. The first-order valence-corrected chi connectivity index (χ1v) is 7.00. The SMILES string of the molecule is Cc1nc(C)c(C(C)NC(C)c2ccccn2)s1. The molecule has 3 nitrogen and oxygen atoms in total. The molecule has 2 aromatic rings. The minimum atomic E-state index is 0.239. The average molecular weight is 261 g/mol. The molecule has 1 N–H and O–H groups in total. The van der Waals surface area contributed by atoms with Crippen molar-refractivity contribution < 1.29 is 0 Å². The number of rotatable bonds is 4. The Morgan fingerprint density at radius 1 is 1.17 bits per heavy atom. The Labute approximate surface area is 112 Å². The van der Waals surface area contributed by atoms with Gasteiger partial charge in [-0.2, -0.15) is 0 Å². The summed E-state index contributed by atoms with van der Waals surface area (Å²) in [5.41, 5.74) is 2.20. The molecule has 2 heterocycles. The van der Waals surface area contributed by atoms with E-state index in [9.17, 15) is 0 Å². The van der Waals surface area contributed by atoms with E-state index in [4.69, 9.17) is 0 Å². The molecule has 0 fully saturated rings. The zero-order valence-corrected chi connectivity index (χ0v) is 12.1. The molecule has 0 spiro atoms. The lowest BCUT2D eigenvalue weighted by atomic mass is 10.1. The second-order valence-electron chi connectivity index (χ2n) is 4.55. The molecule has 4 heteroatoms. The summed E-state index contributed by atoms with van der Waals surface area (Å²) in [5.74, 6) is 0. The van der Waals surface area contributed by atoms with Crippen molar-refractivity contribution in [3.63, 3.8) is 0 Å². The maximum atomic E-state index is 4.48. The number of nitrogens with one attached hydrogen (secondary N) is 1. The standard InChI is InChI=1S/C14H19N3S/c1-9(13-7-5-6-8-15-13)16-10(2)14-11(3)17-12(4)18-14/h5-10,16H,1-4H3. The molecule has 0 amide bonds. The van der Waals surface area contributed by atoms with Gasteiger partial charge in [-0.25, -0.2) is 4.98 Å². The first kappa shape index (κ1) is 13.2. The van der Waals surface area contributed by atoms with Crippen molar-refractivity contribution in [1.82, 2.24) is 15.3 Å². The molecule has 18 heavy (non-hydrogen) atoms. The zero-order chi connectivity index (χ0) is 13.1. The highest BCUT2D eigenvalue weighted by Crippen LogP contribution is 2.26. The van der Waals surface area contributed by atoms with Gasteiger partial charge < -0.3 is 5.32 Å². The van der Waals surface area contributed by atoms with E-state index in [2.05, 4.69) is 49.0 Å². The van der Waals surface area contributed by atoms with E-state index in [1.54, 1.807) is 11.3 Å². The highest BCUT2D eigenvalue weighted by Gasteiger charge is 2.16. The minimum Gasteiger partial charge on any atom is -0.301 e. The fourth-order valence-electron chi connectivity index (χ4n) is 2.12. The van der Waals surface area contributed by atoms with Gasteiger partial charge in [-0.1, -0.05) is 6.07 Å². The fraction of sp³-hybridized carbons (Fsp3) is 0.429. The van der Waals surface area contributed by atoms with Gasteiger partial charge in [0, 0.05) is 23.2 Å². The van der Waals surface area contributed by atoms with Gasteiger partial charge >= 0.3 is 0 Å². The van der Waals surface area contributed by atoms with Crippen LogP contribution < -0.4 is 5.32 Å². The van der Waals surface area contributed by atoms with Gasteiger partial charge in [0.25, 0.3) is 0 Å². The minimum absolute atomic E-state index is 0.239. The molecule has 0 aliphatic rings. The molecule has 0 bridgehead atoms. The number of thiazole rings is 1. The van der Waals surface area contributed by atoms with E-state index < -0.39 is 0 Å². The third-order valence-electron chi connectivity index (χ3n) is 2.96. The number of nitrogens with zero attached hydrogens (tertiary/aromatic N) is 2. The summed E-state index contributed by atoms with van der Waals surface area (Å²) in [6.45, 7) is 8.44. The van der Waals surface area contributed by atoms with Crippen LogP contribution in [0.1, 0.15) is 47.2 Å². The molecule has 96 valence electrons. The van der Waals surface area contributed by atoms with Gasteiger partial charge in [0.15, 0.2) is 0 Å². The highest BCUT2D eigenvalue weighted by atomic mass is 32.1. The van der Waals surface area contributed by atoms with Gasteiger partial charge in [0.2, 0.25) is 0 Å². The van der Waals surface area contributed by atoms with E-state index in [0.717, 1.165) is 16.4 Å². The van der Waals surface area contributed by atoms with Crippen molar-refractivity contribution in [1.29, 1.82) is 0 Å². The van der Waals surface area contributed by atoms with Crippen molar-refractivity contribution in [3.8, 4) is 0 Å². The smallest absolute Gasteiger partial charge is 0.0900 e. The third-order valence-corrected chi connectivity index (χ3v) is 4.22. The van der Waals surface area contributed by atoms with Crippen LogP contribution in [0, 0.1) is 13.8 Å². The van der Waals surface area contributed by atoms with Crippen molar-refractivity contribution in [2.75, 3.05) is 0 Å². The second-order valence-corrected chi connectivity index (χ2v) is 5.78. The number of aryl methyl sites for hydroxylation is 2. The van der Waals surface area contributed by atoms with Crippen LogP contribution in [0.25, 0.3) is 0 Å². The lowest BCUT2D eigenvalue weighted by Crippen LogP contribution is -2.23. The lowest BCUT2D eigenvalue weighted by molar-refractivity contribution is 0.489. The number of hydrogen-bond donors (Lipinski definition) is 1. The maximum absolute atomic E-state index is 4.48. The molecular formula is C14H19N3S. The highest BCUT2D eigenvalue weighted by molar-refractivity contribution is 7.11. The van der Waals surface area contributed by atoms with Crippen LogP contribution in [-0.4, -0.2) is 9.97 Å². The van der Waals surface area contributed by atoms with E-state index in [1.165, 1.54) is 4.88 Å². The monoisotopic (exact) mass is 261 g/mol. The summed E-state index contributed by atoms with van der Waals surface area (Å²) in [7, 11) is 0.